The number of nitrogens with two attached hydrogens (primary N) is 1. The van der Waals surface area contributed by atoms with E-state index in [4.69, 9.17) is 5.73 Å². The Labute approximate surface area is 89.5 Å². The zero-order valence-electron chi connectivity index (χ0n) is 9.03. The number of fused-ring (bicyclic) bond motifs is 1. The predicted octanol–water partition coefficient (Wildman–Crippen LogP) is 0.503. The smallest absolute Gasteiger partial charge is 0.135 e. The fourth-order valence-electron chi connectivity index (χ4n) is 2.59. The zero-order chi connectivity index (χ0) is 10.5. The molecule has 0 bridgehead atoms. The average Bonchev–Trinajstić information content (AvgIpc) is 2.60. The van der Waals surface area contributed by atoms with Gasteiger partial charge in [-0.3, -0.25) is 0 Å². The molecule has 1 aliphatic heterocycles. The Hall–Kier alpha value is -1.16. The quantitative estimate of drug-likeness (QED) is 0.724. The summed E-state index contributed by atoms with van der Waals surface area (Å²) in [5.74, 6) is 1.13. The average molecular weight is 204 g/mol. The van der Waals surface area contributed by atoms with Gasteiger partial charge in [0.05, 0.1) is 0 Å². The molecule has 1 saturated heterocycles. The predicted molar refractivity (Wildman–Crippen MR) is 58.9 cm³/mol. The van der Waals surface area contributed by atoms with Crippen molar-refractivity contribution in [3.8, 4) is 0 Å². The Morgan fingerprint density at radius 3 is 2.87 bits per heavy atom. The zero-order valence-corrected chi connectivity index (χ0v) is 9.03. The van der Waals surface area contributed by atoms with Crippen LogP contribution in [0.5, 0.6) is 0 Å². The summed E-state index contributed by atoms with van der Waals surface area (Å²) in [7, 11) is 0. The van der Waals surface area contributed by atoms with Gasteiger partial charge >= 0.3 is 0 Å². The van der Waals surface area contributed by atoms with Crippen LogP contribution >= 0.6 is 0 Å². The van der Waals surface area contributed by atoms with Crippen molar-refractivity contribution in [3.05, 3.63) is 17.6 Å². The van der Waals surface area contributed by atoms with Crippen LogP contribution in [0.1, 0.15) is 24.6 Å². The minimum Gasteiger partial charge on any atom is -0.352 e. The number of hydrogen-bond acceptors (Lipinski definition) is 4. The topological polar surface area (TPSA) is 55.0 Å². The molecule has 4 heteroatoms. The summed E-state index contributed by atoms with van der Waals surface area (Å²) in [6, 6.07) is 0. The first-order valence-corrected chi connectivity index (χ1v) is 5.52. The van der Waals surface area contributed by atoms with Crippen LogP contribution in [0.2, 0.25) is 0 Å². The van der Waals surface area contributed by atoms with Gasteiger partial charge in [-0.2, -0.15) is 0 Å². The van der Waals surface area contributed by atoms with E-state index in [9.17, 15) is 0 Å². The first-order chi connectivity index (χ1) is 7.16. The number of hydrogen-bond donors (Lipinski definition) is 1. The Morgan fingerprint density at radius 1 is 1.33 bits per heavy atom. The Kier molecular flexibility index (Phi) is 1.77. The molecule has 1 fully saturated rings. The number of nitrogens with zero attached hydrogens (tertiary/aromatic N) is 3. The molecule has 2 heterocycles. The standard InChI is InChI=1S/C11H16N4/c1-11(12)5-15(6-11)10-8-3-2-4-9(8)13-7-14-10/h7H,2-6,12H2,1H3. The lowest BCUT2D eigenvalue weighted by Crippen LogP contribution is -2.66. The van der Waals surface area contributed by atoms with Crippen molar-refractivity contribution in [1.29, 1.82) is 0 Å². The normalized spacial score (nSPS) is 22.4. The van der Waals surface area contributed by atoms with Gasteiger partial charge in [-0.25, -0.2) is 9.97 Å². The molecule has 0 spiro atoms. The van der Waals surface area contributed by atoms with Crippen LogP contribution in [-0.4, -0.2) is 28.6 Å². The Morgan fingerprint density at radius 2 is 2.13 bits per heavy atom. The maximum atomic E-state index is 6.01. The highest BCUT2D eigenvalue weighted by atomic mass is 15.3. The maximum absolute atomic E-state index is 6.01. The van der Waals surface area contributed by atoms with E-state index in [2.05, 4.69) is 21.8 Å². The minimum absolute atomic E-state index is 0.0313. The molecule has 4 nitrogen and oxygen atoms in total. The number of rotatable bonds is 1. The monoisotopic (exact) mass is 204 g/mol. The second-order valence-corrected chi connectivity index (χ2v) is 4.99. The van der Waals surface area contributed by atoms with E-state index in [1.54, 1.807) is 6.33 Å². The summed E-state index contributed by atoms with van der Waals surface area (Å²) in [6.45, 7) is 3.91. The van der Waals surface area contributed by atoms with Gasteiger partial charge in [-0.15, -0.1) is 0 Å². The van der Waals surface area contributed by atoms with Gasteiger partial charge in [0.2, 0.25) is 0 Å². The van der Waals surface area contributed by atoms with Gasteiger partial charge in [0.15, 0.2) is 0 Å². The number of aromatic nitrogens is 2. The summed E-state index contributed by atoms with van der Waals surface area (Å²) in [6.07, 6.45) is 5.14. The third-order valence-electron chi connectivity index (χ3n) is 3.26. The molecule has 0 amide bonds. The van der Waals surface area contributed by atoms with Crippen LogP contribution in [0.4, 0.5) is 5.82 Å². The minimum atomic E-state index is -0.0313. The third-order valence-corrected chi connectivity index (χ3v) is 3.26. The molecule has 1 aromatic heterocycles. The molecule has 0 saturated carbocycles. The summed E-state index contributed by atoms with van der Waals surface area (Å²) < 4.78 is 0. The van der Waals surface area contributed by atoms with Crippen LogP contribution in [0.15, 0.2) is 6.33 Å². The van der Waals surface area contributed by atoms with E-state index < -0.39 is 0 Å². The number of anilines is 1. The lowest BCUT2D eigenvalue weighted by atomic mass is 9.93. The molecule has 0 atom stereocenters. The summed E-state index contributed by atoms with van der Waals surface area (Å²) in [5, 5.41) is 0. The van der Waals surface area contributed by atoms with Gasteiger partial charge in [0.25, 0.3) is 0 Å². The van der Waals surface area contributed by atoms with Crippen LogP contribution in [0.25, 0.3) is 0 Å². The summed E-state index contributed by atoms with van der Waals surface area (Å²) in [4.78, 5) is 11.0. The lowest BCUT2D eigenvalue weighted by molar-refractivity contribution is 0.362. The van der Waals surface area contributed by atoms with Crippen LogP contribution in [-0.2, 0) is 12.8 Å². The van der Waals surface area contributed by atoms with E-state index >= 15 is 0 Å². The summed E-state index contributed by atoms with van der Waals surface area (Å²) in [5.41, 5.74) is 8.57. The molecule has 1 aliphatic carbocycles. The fourth-order valence-corrected chi connectivity index (χ4v) is 2.59. The molecular weight excluding hydrogens is 188 g/mol. The van der Waals surface area contributed by atoms with Crippen molar-refractivity contribution >= 4 is 5.82 Å². The van der Waals surface area contributed by atoms with E-state index in [0.717, 1.165) is 31.7 Å². The number of aryl methyl sites for hydroxylation is 1. The van der Waals surface area contributed by atoms with Gasteiger partial charge < -0.3 is 10.6 Å². The molecule has 1 aromatic rings. The molecule has 0 unspecified atom stereocenters. The van der Waals surface area contributed by atoms with Crippen molar-refractivity contribution in [3.63, 3.8) is 0 Å². The van der Waals surface area contributed by atoms with Gasteiger partial charge in [-0.05, 0) is 26.2 Å². The van der Waals surface area contributed by atoms with Crippen LogP contribution in [0.3, 0.4) is 0 Å². The molecule has 3 rings (SSSR count). The highest BCUT2D eigenvalue weighted by molar-refractivity contribution is 5.53. The van der Waals surface area contributed by atoms with Crippen molar-refractivity contribution < 1.29 is 0 Å². The fraction of sp³-hybridized carbons (Fsp3) is 0.636. The van der Waals surface area contributed by atoms with E-state index in [1.807, 2.05) is 0 Å². The van der Waals surface area contributed by atoms with E-state index in [-0.39, 0.29) is 5.54 Å². The Balaban J connectivity index is 1.91. The molecule has 2 N–H and O–H groups in total. The molecule has 0 aromatic carbocycles. The summed E-state index contributed by atoms with van der Waals surface area (Å²) >= 11 is 0. The second-order valence-electron chi connectivity index (χ2n) is 4.99. The van der Waals surface area contributed by atoms with Crippen LogP contribution < -0.4 is 10.6 Å². The third kappa shape index (κ3) is 1.40. The van der Waals surface area contributed by atoms with Crippen molar-refractivity contribution in [2.45, 2.75) is 31.7 Å². The molecule has 15 heavy (non-hydrogen) atoms. The first-order valence-electron chi connectivity index (χ1n) is 5.52. The van der Waals surface area contributed by atoms with Crippen molar-refractivity contribution in [2.24, 2.45) is 5.73 Å². The maximum Gasteiger partial charge on any atom is 0.135 e. The SMILES string of the molecule is CC1(N)CN(c2ncnc3c2CCC3)C1. The molecule has 2 aliphatic rings. The molecule has 80 valence electrons. The van der Waals surface area contributed by atoms with Gasteiger partial charge in [-0.1, -0.05) is 0 Å². The second kappa shape index (κ2) is 2.92. The molecular formula is C11H16N4. The first kappa shape index (κ1) is 9.09. The van der Waals surface area contributed by atoms with Gasteiger partial charge in [0, 0.05) is 29.9 Å². The van der Waals surface area contributed by atoms with Gasteiger partial charge in [0.1, 0.15) is 12.1 Å². The van der Waals surface area contributed by atoms with E-state index in [0.29, 0.717) is 0 Å². The van der Waals surface area contributed by atoms with Crippen molar-refractivity contribution in [2.75, 3.05) is 18.0 Å². The van der Waals surface area contributed by atoms with Crippen LogP contribution in [0, 0.1) is 0 Å². The largest absolute Gasteiger partial charge is 0.352 e. The Bertz CT molecular complexity index is 392. The molecule has 0 radical (unpaired) electrons. The van der Waals surface area contributed by atoms with E-state index in [1.165, 1.54) is 17.7 Å². The highest BCUT2D eigenvalue weighted by Gasteiger charge is 2.37. The van der Waals surface area contributed by atoms with Crippen molar-refractivity contribution in [1.82, 2.24) is 9.97 Å². The highest BCUT2D eigenvalue weighted by Crippen LogP contribution is 2.32. The lowest BCUT2D eigenvalue weighted by Gasteiger charge is -2.46.